The Hall–Kier alpha value is -1.34. The van der Waals surface area contributed by atoms with Crippen LogP contribution in [0.25, 0.3) is 0 Å². The number of rotatable bonds is 5. The molecule has 1 rings (SSSR count). The molecule has 0 saturated carbocycles. The van der Waals surface area contributed by atoms with Gasteiger partial charge in [0.2, 0.25) is 0 Å². The quantitative estimate of drug-likeness (QED) is 0.382. The van der Waals surface area contributed by atoms with E-state index >= 15 is 0 Å². The second kappa shape index (κ2) is 7.11. The van der Waals surface area contributed by atoms with Crippen LogP contribution in [0, 0.1) is 5.41 Å². The van der Waals surface area contributed by atoms with Crippen molar-refractivity contribution in [1.82, 2.24) is 0 Å². The number of carbonyl (C=O) groups is 1. The topological polar surface area (TPSA) is 17.1 Å². The summed E-state index contributed by atoms with van der Waals surface area (Å²) in [4.78, 5) is 12.0. The molecule has 0 N–H and O–H groups in total. The Morgan fingerprint density at radius 1 is 0.920 bits per heavy atom. The summed E-state index contributed by atoms with van der Waals surface area (Å²) in [5.74, 6) is -14.9. The van der Waals surface area contributed by atoms with E-state index in [1.807, 2.05) is 0 Å². The van der Waals surface area contributed by atoms with Gasteiger partial charge < -0.3 is 0 Å². The third kappa shape index (κ3) is 5.07. The van der Waals surface area contributed by atoms with Crippen molar-refractivity contribution in [2.45, 2.75) is 38.8 Å². The minimum absolute atomic E-state index is 0.393. The molecule has 0 aromatic heterocycles. The molecule has 0 saturated heterocycles. The first-order valence-corrected chi connectivity index (χ1v) is 8.64. The Labute approximate surface area is 146 Å². The average Bonchev–Trinajstić information content (AvgIpc) is 2.44. The fraction of sp³-hybridized carbons (Fsp3) is 0.438. The number of halogens is 7. The molecule has 0 bridgehead atoms. The van der Waals surface area contributed by atoms with Crippen LogP contribution in [0.3, 0.4) is 0 Å². The molecule has 9 heteroatoms. The fourth-order valence-corrected chi connectivity index (χ4v) is 4.10. The average molecular weight is 435 g/mol. The summed E-state index contributed by atoms with van der Waals surface area (Å²) in [7, 11) is 0. The summed E-state index contributed by atoms with van der Waals surface area (Å²) in [5, 5.41) is 0. The van der Waals surface area contributed by atoms with Crippen LogP contribution in [0.4, 0.5) is 30.7 Å². The van der Waals surface area contributed by atoms with Gasteiger partial charge in [0.05, 0.1) is 0 Å². The summed E-state index contributed by atoms with van der Waals surface area (Å²) in [6.07, 6.45) is -5.53. The van der Waals surface area contributed by atoms with Crippen molar-refractivity contribution in [3.8, 4) is 0 Å². The van der Waals surface area contributed by atoms with Crippen LogP contribution in [0.5, 0.6) is 0 Å². The van der Waals surface area contributed by atoms with Gasteiger partial charge in [0.15, 0.2) is 0 Å². The molecule has 140 valence electrons. The van der Waals surface area contributed by atoms with Crippen molar-refractivity contribution in [1.29, 1.82) is 0 Å². The molecule has 0 fully saturated rings. The third-order valence-electron chi connectivity index (χ3n) is 2.79. The molecule has 0 amide bonds. The van der Waals surface area contributed by atoms with E-state index < -0.39 is 48.6 Å². The second-order valence-electron chi connectivity index (χ2n) is 6.27. The summed E-state index contributed by atoms with van der Waals surface area (Å²) in [6, 6.07) is 7.64. The summed E-state index contributed by atoms with van der Waals surface area (Å²) in [6.45, 7) is 4.55. The summed E-state index contributed by atoms with van der Waals surface area (Å²) in [5.41, 5.74) is -0.870. The molecule has 25 heavy (non-hydrogen) atoms. The zero-order valence-electron chi connectivity index (χ0n) is 13.4. The Morgan fingerprint density at radius 2 is 1.40 bits per heavy atom. The van der Waals surface area contributed by atoms with Gasteiger partial charge in [-0.3, -0.25) is 0 Å². The number of hydrogen-bond donors (Lipinski definition) is 0. The van der Waals surface area contributed by atoms with Crippen LogP contribution in [-0.4, -0.2) is 38.8 Å². The van der Waals surface area contributed by atoms with Crippen LogP contribution in [0.1, 0.15) is 20.8 Å². The van der Waals surface area contributed by atoms with E-state index in [1.54, 1.807) is 18.2 Å². The molecule has 1 aromatic rings. The molecule has 0 atom stereocenters. The van der Waals surface area contributed by atoms with Crippen LogP contribution in [0.2, 0.25) is 0 Å². The first-order valence-electron chi connectivity index (χ1n) is 6.92. The van der Waals surface area contributed by atoms with E-state index in [-0.39, 0.29) is 0 Å². The van der Waals surface area contributed by atoms with E-state index in [2.05, 4.69) is 0 Å². The van der Waals surface area contributed by atoms with E-state index in [0.717, 1.165) is 6.08 Å². The molecule has 1 aromatic carbocycles. The molecule has 0 unspecified atom stereocenters. The van der Waals surface area contributed by atoms with Crippen molar-refractivity contribution >= 4 is 25.2 Å². The molecule has 0 aliphatic rings. The van der Waals surface area contributed by atoms with Gasteiger partial charge >= 0.3 is 146 Å². The number of allylic oxidation sites excluding steroid dienone is 2. The summed E-state index contributed by atoms with van der Waals surface area (Å²) >= 11 is -1.16. The monoisotopic (exact) mass is 436 g/mol. The fourth-order valence-electron chi connectivity index (χ4n) is 1.63. The van der Waals surface area contributed by atoms with Gasteiger partial charge in [-0.15, -0.1) is 0 Å². The van der Waals surface area contributed by atoms with Crippen molar-refractivity contribution in [3.63, 3.8) is 0 Å². The molecule has 1 nitrogen and oxygen atoms in total. The van der Waals surface area contributed by atoms with E-state index in [9.17, 15) is 35.5 Å². The van der Waals surface area contributed by atoms with Crippen LogP contribution < -0.4 is 4.46 Å². The van der Waals surface area contributed by atoms with Gasteiger partial charge in [-0.25, -0.2) is 0 Å². The van der Waals surface area contributed by atoms with Crippen LogP contribution >= 0.6 is 0 Å². The number of Topliss-reactive ketones (excluding diaryl/α,β-unsaturated/α-hetero) is 1. The van der Waals surface area contributed by atoms with E-state index in [0.29, 0.717) is 4.46 Å². The van der Waals surface area contributed by atoms with Crippen molar-refractivity contribution < 1.29 is 35.5 Å². The predicted octanol–water partition coefficient (Wildman–Crippen LogP) is 4.35. The first-order chi connectivity index (χ1) is 11.1. The Morgan fingerprint density at radius 3 is 1.80 bits per heavy atom. The predicted molar refractivity (Wildman–Crippen MR) is 80.3 cm³/mol. The number of benzene rings is 1. The molecule has 0 radical (unpaired) electrons. The van der Waals surface area contributed by atoms with Gasteiger partial charge in [-0.1, -0.05) is 0 Å². The van der Waals surface area contributed by atoms with Gasteiger partial charge in [0, 0.05) is 0 Å². The van der Waals surface area contributed by atoms with E-state index in [1.165, 1.54) is 32.9 Å². The first kappa shape index (κ1) is 21.7. The maximum absolute atomic E-state index is 13.8. The number of ketones is 1. The van der Waals surface area contributed by atoms with Crippen molar-refractivity contribution in [2.75, 3.05) is 0 Å². The van der Waals surface area contributed by atoms with Gasteiger partial charge in [-0.05, 0) is 0 Å². The number of carbonyl (C=O) groups excluding carboxylic acids is 1. The zero-order chi connectivity index (χ0) is 19.7. The molecule has 0 aliphatic carbocycles. The minimum atomic E-state index is -6.54. The van der Waals surface area contributed by atoms with Crippen molar-refractivity contribution in [3.05, 3.63) is 40.9 Å². The molecule has 0 spiro atoms. The second-order valence-corrected chi connectivity index (χ2v) is 8.61. The van der Waals surface area contributed by atoms with Crippen LogP contribution in [0.15, 0.2) is 40.9 Å². The van der Waals surface area contributed by atoms with E-state index in [4.69, 9.17) is 0 Å². The Balaban J connectivity index is 3.35. The number of alkyl halides is 7. The van der Waals surface area contributed by atoms with Gasteiger partial charge in [0.25, 0.3) is 0 Å². The molecular formula is C16H15F7OSe. The van der Waals surface area contributed by atoms with Crippen molar-refractivity contribution in [2.24, 2.45) is 5.41 Å². The van der Waals surface area contributed by atoms with Crippen LogP contribution in [-0.2, 0) is 4.79 Å². The third-order valence-corrected chi connectivity index (χ3v) is 4.96. The Bertz CT molecular complexity index is 643. The molecular weight excluding hydrogens is 420 g/mol. The normalized spacial score (nSPS) is 14.6. The summed E-state index contributed by atoms with van der Waals surface area (Å²) < 4.78 is 90.5. The number of hydrogen-bond acceptors (Lipinski definition) is 1. The van der Waals surface area contributed by atoms with Gasteiger partial charge in [0.1, 0.15) is 0 Å². The zero-order valence-corrected chi connectivity index (χ0v) is 15.1. The SMILES string of the molecule is CC(C)(C)/C=C(\[Se]c1ccccc1)C(=O)C(F)(F)C(F)(F)C(F)(F)F. The Kier molecular flexibility index (Phi) is 6.17. The maximum atomic E-state index is 13.8. The van der Waals surface area contributed by atoms with Gasteiger partial charge in [-0.2, -0.15) is 0 Å². The molecule has 0 aliphatic heterocycles. The molecule has 0 heterocycles. The standard InChI is InChI=1S/C16H15F7OSe/c1-13(2,3)9-11(25-10-7-5-4-6-8-10)12(24)14(17,18)15(19,20)16(21,22)23/h4-9H,1-3H3/b11-9-.